The predicted octanol–water partition coefficient (Wildman–Crippen LogP) is 3.09. The molecule has 0 radical (unpaired) electrons. The van der Waals surface area contributed by atoms with Crippen molar-refractivity contribution < 1.29 is 4.39 Å². The molecule has 0 aromatic carbocycles. The number of alkyl halides is 1. The largest absolute Gasteiger partial charge is 0.248 e. The molecule has 0 aromatic heterocycles. The fraction of sp³-hybridized carbons (Fsp3) is 0.750. The summed E-state index contributed by atoms with van der Waals surface area (Å²) in [7, 11) is 0. The molecule has 0 heterocycles. The minimum absolute atomic E-state index is 0.630. The molecule has 1 heteroatoms. The maximum Gasteiger partial charge on any atom is 0.0973 e. The Kier molecular flexibility index (Phi) is 5.59. The van der Waals surface area contributed by atoms with Crippen molar-refractivity contribution in [3.63, 3.8) is 0 Å². The van der Waals surface area contributed by atoms with Crippen molar-refractivity contribution in [1.29, 1.82) is 0 Å². The molecule has 0 N–H and O–H groups in total. The smallest absolute Gasteiger partial charge is 0.0973 e. The molecular formula is C8H15F. The Hall–Kier alpha value is -0.330. The predicted molar refractivity (Wildman–Crippen MR) is 39.2 cm³/mol. The lowest BCUT2D eigenvalue weighted by Crippen LogP contribution is -1.90. The molecular weight excluding hydrogens is 115 g/mol. The minimum atomic E-state index is -0.630. The maximum absolute atomic E-state index is 12.1. The summed E-state index contributed by atoms with van der Waals surface area (Å²) in [6.45, 7) is 5.19. The summed E-state index contributed by atoms with van der Waals surface area (Å²) in [6.07, 6.45) is 5.04. The van der Waals surface area contributed by atoms with Gasteiger partial charge in [0.25, 0.3) is 0 Å². The van der Waals surface area contributed by atoms with Crippen molar-refractivity contribution >= 4 is 0 Å². The van der Waals surface area contributed by atoms with E-state index in [9.17, 15) is 4.39 Å². The Morgan fingerprint density at radius 1 is 1.56 bits per heavy atom. The zero-order chi connectivity index (χ0) is 7.11. The summed E-state index contributed by atoms with van der Waals surface area (Å²) in [5, 5.41) is 0. The summed E-state index contributed by atoms with van der Waals surface area (Å²) in [6, 6.07) is 0. The van der Waals surface area contributed by atoms with Crippen molar-refractivity contribution in [2.45, 2.75) is 38.8 Å². The van der Waals surface area contributed by atoms with Gasteiger partial charge in [-0.15, -0.1) is 6.58 Å². The van der Waals surface area contributed by atoms with Gasteiger partial charge in [-0.25, -0.2) is 4.39 Å². The van der Waals surface area contributed by atoms with Gasteiger partial charge in [-0.05, 0) is 26.2 Å². The third-order valence-corrected chi connectivity index (χ3v) is 1.26. The van der Waals surface area contributed by atoms with Crippen LogP contribution in [-0.4, -0.2) is 6.17 Å². The van der Waals surface area contributed by atoms with E-state index in [1.54, 1.807) is 6.92 Å². The molecule has 0 bridgehead atoms. The van der Waals surface area contributed by atoms with E-state index >= 15 is 0 Å². The number of hydrogen-bond acceptors (Lipinski definition) is 0. The molecule has 0 saturated heterocycles. The van der Waals surface area contributed by atoms with Gasteiger partial charge in [0.05, 0.1) is 6.17 Å². The maximum atomic E-state index is 12.1. The molecule has 0 rings (SSSR count). The van der Waals surface area contributed by atoms with Crippen LogP contribution < -0.4 is 0 Å². The molecule has 0 fully saturated rings. The summed E-state index contributed by atoms with van der Waals surface area (Å²) < 4.78 is 12.1. The second kappa shape index (κ2) is 5.80. The Morgan fingerprint density at radius 3 is 2.67 bits per heavy atom. The van der Waals surface area contributed by atoms with E-state index in [1.165, 1.54) is 0 Å². The van der Waals surface area contributed by atoms with Crippen LogP contribution in [0.15, 0.2) is 12.7 Å². The molecule has 0 spiro atoms. The lowest BCUT2D eigenvalue weighted by Gasteiger charge is -1.98. The minimum Gasteiger partial charge on any atom is -0.248 e. The van der Waals surface area contributed by atoms with Crippen LogP contribution in [0.25, 0.3) is 0 Å². The summed E-state index contributed by atoms with van der Waals surface area (Å²) in [5.41, 5.74) is 0. The van der Waals surface area contributed by atoms with E-state index < -0.39 is 6.17 Å². The van der Waals surface area contributed by atoms with Gasteiger partial charge in [-0.1, -0.05) is 12.5 Å². The Bertz CT molecular complexity index is 67.0. The number of allylic oxidation sites excluding steroid dienone is 1. The van der Waals surface area contributed by atoms with E-state index in [4.69, 9.17) is 0 Å². The third kappa shape index (κ3) is 7.67. The molecule has 9 heavy (non-hydrogen) atoms. The van der Waals surface area contributed by atoms with Gasteiger partial charge in [0.1, 0.15) is 0 Å². The zero-order valence-corrected chi connectivity index (χ0v) is 6.07. The molecule has 0 aliphatic rings. The van der Waals surface area contributed by atoms with Crippen molar-refractivity contribution in [1.82, 2.24) is 0 Å². The SMILES string of the molecule is C=CCCCCC(C)F. The summed E-state index contributed by atoms with van der Waals surface area (Å²) in [4.78, 5) is 0. The van der Waals surface area contributed by atoms with Gasteiger partial charge in [0.2, 0.25) is 0 Å². The Labute approximate surface area is 56.8 Å². The highest BCUT2D eigenvalue weighted by Gasteiger charge is 1.94. The van der Waals surface area contributed by atoms with Gasteiger partial charge in [-0.3, -0.25) is 0 Å². The second-order valence-electron chi connectivity index (χ2n) is 2.35. The molecule has 0 aromatic rings. The molecule has 1 unspecified atom stereocenters. The van der Waals surface area contributed by atoms with Crippen molar-refractivity contribution in [2.24, 2.45) is 0 Å². The molecule has 0 aliphatic heterocycles. The molecule has 0 saturated carbocycles. The first-order valence-electron chi connectivity index (χ1n) is 3.52. The fourth-order valence-electron chi connectivity index (χ4n) is 0.714. The van der Waals surface area contributed by atoms with Crippen molar-refractivity contribution in [3.8, 4) is 0 Å². The molecule has 1 atom stereocenters. The van der Waals surface area contributed by atoms with Crippen LogP contribution in [0.3, 0.4) is 0 Å². The normalized spacial score (nSPS) is 13.1. The molecule has 0 nitrogen and oxygen atoms in total. The quantitative estimate of drug-likeness (QED) is 0.396. The van der Waals surface area contributed by atoms with E-state index in [2.05, 4.69) is 6.58 Å². The zero-order valence-electron chi connectivity index (χ0n) is 6.07. The molecule has 0 amide bonds. The Balaban J connectivity index is 2.82. The number of unbranched alkanes of at least 4 members (excludes halogenated alkanes) is 2. The van der Waals surface area contributed by atoms with Gasteiger partial charge >= 0.3 is 0 Å². The third-order valence-electron chi connectivity index (χ3n) is 1.26. The van der Waals surface area contributed by atoms with Gasteiger partial charge in [0, 0.05) is 0 Å². The number of rotatable bonds is 5. The molecule has 0 aliphatic carbocycles. The molecule has 54 valence electrons. The summed E-state index contributed by atoms with van der Waals surface area (Å²) in [5.74, 6) is 0. The van der Waals surface area contributed by atoms with Crippen LogP contribution in [0.4, 0.5) is 4.39 Å². The topological polar surface area (TPSA) is 0 Å². The van der Waals surface area contributed by atoms with Crippen molar-refractivity contribution in [2.75, 3.05) is 0 Å². The van der Waals surface area contributed by atoms with Crippen LogP contribution in [0.2, 0.25) is 0 Å². The average Bonchev–Trinajstić information content (AvgIpc) is 1.80. The highest BCUT2D eigenvalue weighted by molar-refractivity contribution is 4.65. The van der Waals surface area contributed by atoms with Crippen LogP contribution in [0, 0.1) is 0 Å². The average molecular weight is 130 g/mol. The van der Waals surface area contributed by atoms with Crippen LogP contribution in [0.1, 0.15) is 32.6 Å². The summed E-state index contributed by atoms with van der Waals surface area (Å²) >= 11 is 0. The monoisotopic (exact) mass is 130 g/mol. The first-order valence-corrected chi connectivity index (χ1v) is 3.52. The first kappa shape index (κ1) is 8.67. The highest BCUT2D eigenvalue weighted by Crippen LogP contribution is 2.05. The first-order chi connectivity index (χ1) is 4.27. The van der Waals surface area contributed by atoms with Crippen LogP contribution >= 0.6 is 0 Å². The lowest BCUT2D eigenvalue weighted by molar-refractivity contribution is 0.332. The van der Waals surface area contributed by atoms with Crippen LogP contribution in [-0.2, 0) is 0 Å². The van der Waals surface area contributed by atoms with Gasteiger partial charge in [0.15, 0.2) is 0 Å². The van der Waals surface area contributed by atoms with Gasteiger partial charge < -0.3 is 0 Å². The standard InChI is InChI=1S/C8H15F/c1-3-4-5-6-7-8(2)9/h3,8H,1,4-7H2,2H3. The highest BCUT2D eigenvalue weighted by atomic mass is 19.1. The fourth-order valence-corrected chi connectivity index (χ4v) is 0.714. The van der Waals surface area contributed by atoms with Crippen molar-refractivity contribution in [3.05, 3.63) is 12.7 Å². The number of hydrogen-bond donors (Lipinski definition) is 0. The van der Waals surface area contributed by atoms with E-state index in [-0.39, 0.29) is 0 Å². The van der Waals surface area contributed by atoms with Crippen LogP contribution in [0.5, 0.6) is 0 Å². The van der Waals surface area contributed by atoms with E-state index in [0.717, 1.165) is 19.3 Å². The van der Waals surface area contributed by atoms with E-state index in [0.29, 0.717) is 6.42 Å². The number of halogens is 1. The second-order valence-corrected chi connectivity index (χ2v) is 2.35. The lowest BCUT2D eigenvalue weighted by atomic mass is 10.1. The van der Waals surface area contributed by atoms with Gasteiger partial charge in [-0.2, -0.15) is 0 Å². The van der Waals surface area contributed by atoms with E-state index in [1.807, 2.05) is 6.08 Å². The Morgan fingerprint density at radius 2 is 2.22 bits per heavy atom.